The van der Waals surface area contributed by atoms with Crippen molar-refractivity contribution < 1.29 is 9.59 Å². The quantitative estimate of drug-likeness (QED) is 0.751. The Hall–Kier alpha value is -1.10. The summed E-state index contributed by atoms with van der Waals surface area (Å²) in [6.45, 7) is 3.35. The number of piperidine rings is 2. The number of carbonyl (C=O) groups excluding carboxylic acids is 2. The van der Waals surface area contributed by atoms with Crippen molar-refractivity contribution in [1.82, 2.24) is 10.2 Å². The van der Waals surface area contributed by atoms with Gasteiger partial charge in [-0.05, 0) is 44.4 Å². The molecule has 3 unspecified atom stereocenters. The predicted molar refractivity (Wildman–Crippen MR) is 71.2 cm³/mol. The highest BCUT2D eigenvalue weighted by Crippen LogP contribution is 2.39. The summed E-state index contributed by atoms with van der Waals surface area (Å²) >= 11 is 0. The number of carbonyl (C=O) groups is 2. The van der Waals surface area contributed by atoms with E-state index in [1.54, 1.807) is 0 Å². The Kier molecular flexibility index (Phi) is 3.04. The molecule has 0 radical (unpaired) electrons. The number of nitrogens with two attached hydrogens (primary N) is 1. The molecular formula is C14H23N3O2. The van der Waals surface area contributed by atoms with E-state index in [0.29, 0.717) is 18.3 Å². The molecule has 3 rings (SSSR count). The summed E-state index contributed by atoms with van der Waals surface area (Å²) in [5.74, 6) is 1.03. The molecule has 2 amide bonds. The van der Waals surface area contributed by atoms with Gasteiger partial charge in [-0.15, -0.1) is 0 Å². The van der Waals surface area contributed by atoms with Crippen LogP contribution in [0.3, 0.4) is 0 Å². The van der Waals surface area contributed by atoms with Crippen LogP contribution in [0.15, 0.2) is 0 Å². The van der Waals surface area contributed by atoms with Crippen LogP contribution in [0.25, 0.3) is 0 Å². The van der Waals surface area contributed by atoms with Crippen molar-refractivity contribution in [1.29, 1.82) is 0 Å². The highest BCUT2D eigenvalue weighted by atomic mass is 16.2. The zero-order valence-electron chi connectivity index (χ0n) is 11.5. The maximum absolute atomic E-state index is 12.6. The van der Waals surface area contributed by atoms with E-state index in [2.05, 4.69) is 5.32 Å². The lowest BCUT2D eigenvalue weighted by atomic mass is 9.84. The Morgan fingerprint density at radius 3 is 2.79 bits per heavy atom. The third-order valence-corrected chi connectivity index (χ3v) is 5.00. The van der Waals surface area contributed by atoms with E-state index < -0.39 is 5.54 Å². The van der Waals surface area contributed by atoms with Crippen molar-refractivity contribution in [3.63, 3.8) is 0 Å². The molecule has 2 aliphatic heterocycles. The highest BCUT2D eigenvalue weighted by Gasteiger charge is 2.47. The summed E-state index contributed by atoms with van der Waals surface area (Å²) in [4.78, 5) is 25.9. The fourth-order valence-corrected chi connectivity index (χ4v) is 3.49. The van der Waals surface area contributed by atoms with Gasteiger partial charge in [0, 0.05) is 25.6 Å². The van der Waals surface area contributed by atoms with Crippen molar-refractivity contribution >= 4 is 11.8 Å². The summed E-state index contributed by atoms with van der Waals surface area (Å²) in [5.41, 5.74) is 5.54. The van der Waals surface area contributed by atoms with Crippen LogP contribution in [0, 0.1) is 11.8 Å². The molecule has 0 bridgehead atoms. The molecule has 0 aromatic heterocycles. The van der Waals surface area contributed by atoms with E-state index in [0.717, 1.165) is 38.8 Å². The number of likely N-dealkylation sites (tertiary alicyclic amines) is 1. The van der Waals surface area contributed by atoms with Gasteiger partial charge < -0.3 is 16.0 Å². The van der Waals surface area contributed by atoms with Gasteiger partial charge in [0.05, 0.1) is 5.54 Å². The van der Waals surface area contributed by atoms with Gasteiger partial charge >= 0.3 is 0 Å². The van der Waals surface area contributed by atoms with E-state index in [1.165, 1.54) is 0 Å². The first kappa shape index (κ1) is 12.9. The molecule has 2 saturated heterocycles. The number of amides is 2. The molecule has 0 spiro atoms. The molecule has 3 N–H and O–H groups in total. The van der Waals surface area contributed by atoms with E-state index >= 15 is 0 Å². The first-order chi connectivity index (χ1) is 8.98. The van der Waals surface area contributed by atoms with Crippen molar-refractivity contribution in [3.05, 3.63) is 0 Å². The average Bonchev–Trinajstić information content (AvgIpc) is 3.21. The molecular weight excluding hydrogens is 242 g/mol. The van der Waals surface area contributed by atoms with Gasteiger partial charge in [-0.2, -0.15) is 0 Å². The third-order valence-electron chi connectivity index (χ3n) is 5.00. The molecule has 19 heavy (non-hydrogen) atoms. The van der Waals surface area contributed by atoms with Gasteiger partial charge in [-0.25, -0.2) is 0 Å². The van der Waals surface area contributed by atoms with Crippen LogP contribution in [-0.4, -0.2) is 41.4 Å². The number of rotatable bonds is 2. The van der Waals surface area contributed by atoms with Gasteiger partial charge in [-0.1, -0.05) is 0 Å². The molecule has 5 nitrogen and oxygen atoms in total. The fourth-order valence-electron chi connectivity index (χ4n) is 3.49. The Balaban J connectivity index is 1.64. The number of fused-ring (bicyclic) bond motifs is 1. The number of hydrogen-bond acceptors (Lipinski definition) is 3. The second-order valence-electron chi connectivity index (χ2n) is 6.57. The second-order valence-corrected chi connectivity index (χ2v) is 6.57. The van der Waals surface area contributed by atoms with Crippen LogP contribution in [-0.2, 0) is 9.59 Å². The summed E-state index contributed by atoms with van der Waals surface area (Å²) in [6.07, 6.45) is 4.50. The lowest BCUT2D eigenvalue weighted by Gasteiger charge is -2.43. The number of hydrogen-bond donors (Lipinski definition) is 2. The molecule has 3 aliphatic rings. The first-order valence-electron chi connectivity index (χ1n) is 7.36. The number of nitrogens with one attached hydrogen (secondary N) is 1. The van der Waals surface area contributed by atoms with E-state index in [-0.39, 0.29) is 17.9 Å². The van der Waals surface area contributed by atoms with Gasteiger partial charge in [0.2, 0.25) is 11.8 Å². The molecule has 1 aliphatic carbocycles. The van der Waals surface area contributed by atoms with Crippen molar-refractivity contribution in [3.8, 4) is 0 Å². The fraction of sp³-hybridized carbons (Fsp3) is 0.857. The minimum Gasteiger partial charge on any atom is -0.353 e. The maximum atomic E-state index is 12.6. The summed E-state index contributed by atoms with van der Waals surface area (Å²) in [5, 5.41) is 3.04. The molecule has 106 valence electrons. The predicted octanol–water partition coefficient (Wildman–Crippen LogP) is 0.241. The zero-order chi connectivity index (χ0) is 13.6. The first-order valence-corrected chi connectivity index (χ1v) is 7.36. The van der Waals surface area contributed by atoms with Gasteiger partial charge in [0.1, 0.15) is 0 Å². The molecule has 3 atom stereocenters. The minimum absolute atomic E-state index is 0.102. The minimum atomic E-state index is -0.690. The van der Waals surface area contributed by atoms with Gasteiger partial charge in [-0.3, -0.25) is 9.59 Å². The van der Waals surface area contributed by atoms with Crippen LogP contribution < -0.4 is 11.1 Å². The average molecular weight is 265 g/mol. The van der Waals surface area contributed by atoms with Crippen LogP contribution in [0.5, 0.6) is 0 Å². The third kappa shape index (κ3) is 2.36. The molecule has 0 aromatic rings. The summed E-state index contributed by atoms with van der Waals surface area (Å²) < 4.78 is 0. The summed E-state index contributed by atoms with van der Waals surface area (Å²) in [7, 11) is 0. The lowest BCUT2D eigenvalue weighted by molar-refractivity contribution is -0.140. The van der Waals surface area contributed by atoms with E-state index in [9.17, 15) is 9.59 Å². The second kappa shape index (κ2) is 4.47. The smallest absolute Gasteiger partial charge is 0.242 e. The van der Waals surface area contributed by atoms with Crippen molar-refractivity contribution in [2.24, 2.45) is 17.6 Å². The van der Waals surface area contributed by atoms with E-state index in [1.807, 2.05) is 11.8 Å². The van der Waals surface area contributed by atoms with E-state index in [4.69, 9.17) is 5.73 Å². The molecule has 2 heterocycles. The Bertz CT molecular complexity index is 403. The molecule has 1 saturated carbocycles. The maximum Gasteiger partial charge on any atom is 0.242 e. The van der Waals surface area contributed by atoms with Crippen LogP contribution >= 0.6 is 0 Å². The molecule has 0 aromatic carbocycles. The van der Waals surface area contributed by atoms with Crippen molar-refractivity contribution in [2.75, 3.05) is 13.1 Å². The van der Waals surface area contributed by atoms with Gasteiger partial charge in [0.25, 0.3) is 0 Å². The standard InChI is InChI=1S/C14H23N3O2/c1-14(15,10-3-4-10)13(19)17-7-6-11-9(8-17)2-5-12(18)16-11/h9-11H,2-8,15H2,1H3,(H,16,18). The largest absolute Gasteiger partial charge is 0.353 e. The van der Waals surface area contributed by atoms with Gasteiger partial charge in [0.15, 0.2) is 0 Å². The summed E-state index contributed by atoms with van der Waals surface area (Å²) in [6, 6.07) is 0.259. The topological polar surface area (TPSA) is 75.4 Å². The zero-order valence-corrected chi connectivity index (χ0v) is 11.5. The normalized spacial score (nSPS) is 34.2. The number of nitrogens with zero attached hydrogens (tertiary/aromatic N) is 1. The molecule has 5 heteroatoms. The Labute approximate surface area is 113 Å². The monoisotopic (exact) mass is 265 g/mol. The Morgan fingerprint density at radius 2 is 2.11 bits per heavy atom. The van der Waals surface area contributed by atoms with Crippen LogP contribution in [0.2, 0.25) is 0 Å². The van der Waals surface area contributed by atoms with Crippen molar-refractivity contribution in [2.45, 2.75) is 50.6 Å². The van der Waals surface area contributed by atoms with Crippen LogP contribution in [0.1, 0.15) is 39.0 Å². The highest BCUT2D eigenvalue weighted by molar-refractivity contribution is 5.86. The lowest BCUT2D eigenvalue weighted by Crippen LogP contribution is -2.61. The SMILES string of the molecule is CC(N)(C(=O)N1CCC2NC(=O)CCC2C1)C1CC1. The Morgan fingerprint density at radius 1 is 1.37 bits per heavy atom. The van der Waals surface area contributed by atoms with Crippen LogP contribution in [0.4, 0.5) is 0 Å². The molecule has 3 fully saturated rings.